The van der Waals surface area contributed by atoms with E-state index in [-0.39, 0.29) is 41.0 Å². The number of aromatic nitrogens is 4. The highest BCUT2D eigenvalue weighted by molar-refractivity contribution is 7.16. The van der Waals surface area contributed by atoms with Gasteiger partial charge in [0.2, 0.25) is 23.5 Å². The van der Waals surface area contributed by atoms with Crippen LogP contribution in [0.4, 0.5) is 5.95 Å². The number of carbonyl (C=O) groups excluding carboxylic acids is 3. The summed E-state index contributed by atoms with van der Waals surface area (Å²) in [5.74, 6) is -0.355. The Hall–Kier alpha value is -5.26. The lowest BCUT2D eigenvalue weighted by atomic mass is 10.1. The number of nitrogen functional groups attached to an aromatic ring is 1. The average Bonchev–Trinajstić information content (AvgIpc) is 3.76. The van der Waals surface area contributed by atoms with Gasteiger partial charge < -0.3 is 44.7 Å². The Morgan fingerprint density at radius 3 is 2.24 bits per heavy atom. The van der Waals surface area contributed by atoms with Crippen molar-refractivity contribution in [2.75, 3.05) is 26.1 Å². The molecule has 0 saturated heterocycles. The van der Waals surface area contributed by atoms with Gasteiger partial charge in [0.25, 0.3) is 0 Å². The molecule has 0 bridgehead atoms. The maximum Gasteiger partial charge on any atom is 0.317 e. The number of imidazole rings is 1. The first-order chi connectivity index (χ1) is 25.4. The van der Waals surface area contributed by atoms with Crippen LogP contribution < -0.4 is 31.5 Å². The van der Waals surface area contributed by atoms with Crippen molar-refractivity contribution in [3.63, 3.8) is 0 Å². The van der Waals surface area contributed by atoms with Crippen LogP contribution in [0, 0.1) is 6.92 Å². The third-order valence-electron chi connectivity index (χ3n) is 9.46. The zero-order valence-corrected chi connectivity index (χ0v) is 33.8. The molecule has 2 aromatic carbocycles. The molecular formula is C37H48N8O7SSi. The van der Waals surface area contributed by atoms with E-state index in [9.17, 15) is 14.4 Å². The van der Waals surface area contributed by atoms with Crippen LogP contribution in [-0.4, -0.2) is 65.5 Å². The van der Waals surface area contributed by atoms with Crippen molar-refractivity contribution in [3.05, 3.63) is 69.7 Å². The second-order valence-corrected chi connectivity index (χ2v) is 20.1. The lowest BCUT2D eigenvalue weighted by molar-refractivity contribution is 0.0966. The lowest BCUT2D eigenvalue weighted by Crippen LogP contribution is -2.41. The second-order valence-electron chi connectivity index (χ2n) is 14.2. The Balaban J connectivity index is 1.46. The van der Waals surface area contributed by atoms with Crippen molar-refractivity contribution < 1.29 is 32.7 Å². The molecule has 0 spiro atoms. The number of oxazole rings is 1. The zero-order chi connectivity index (χ0) is 39.5. The fraction of sp³-hybridized carbons (Fsp3) is 0.405. The number of fused-ring (bicyclic) bond motifs is 2. The van der Waals surface area contributed by atoms with Crippen LogP contribution >= 0.6 is 11.3 Å². The number of nitrogens with two attached hydrogens (primary N) is 3. The predicted octanol–water partition coefficient (Wildman–Crippen LogP) is 5.49. The van der Waals surface area contributed by atoms with E-state index in [0.29, 0.717) is 75.2 Å². The number of allylic oxidation sites excluding steroid dienone is 2. The number of aryl methyl sites for hydroxylation is 2. The molecule has 0 aliphatic heterocycles. The van der Waals surface area contributed by atoms with Gasteiger partial charge in [-0.25, -0.2) is 9.97 Å². The quantitative estimate of drug-likeness (QED) is 0.0690. The standard InChI is InChI=1S/C37H48N8O7SSi/c1-9-24-31(52-21(2)41-24)34(48)43-36-45(30-26(49-6)18-23(33(39)47)20-28(30)53-36)14-11-10-13-44-29-25(42-35(44)40)17-22(32(38)46)19-27(29)50-15-12-16-51-54(7,8)37(3,4)5/h10-11,17-20H,9,12-16H2,1-8H3,(H2,38,46)(H2,39,47)(H2,40,42)/b11-10+,43-36-. The second kappa shape index (κ2) is 16.0. The van der Waals surface area contributed by atoms with Crippen LogP contribution in [-0.2, 0) is 23.9 Å². The van der Waals surface area contributed by atoms with E-state index in [1.165, 1.54) is 18.4 Å². The number of amides is 3. The number of primary amides is 2. The van der Waals surface area contributed by atoms with E-state index >= 15 is 0 Å². The normalized spacial score (nSPS) is 12.7. The minimum Gasteiger partial charge on any atom is -0.494 e. The molecule has 0 radical (unpaired) electrons. The summed E-state index contributed by atoms with van der Waals surface area (Å²) in [4.78, 5) is 51.3. The van der Waals surface area contributed by atoms with Gasteiger partial charge in [-0.2, -0.15) is 4.99 Å². The molecule has 3 heterocycles. The van der Waals surface area contributed by atoms with Gasteiger partial charge in [0.05, 0.1) is 29.6 Å². The molecule has 0 saturated carbocycles. The van der Waals surface area contributed by atoms with E-state index in [1.807, 2.05) is 23.6 Å². The van der Waals surface area contributed by atoms with E-state index in [0.717, 1.165) is 0 Å². The Labute approximate surface area is 317 Å². The lowest BCUT2D eigenvalue weighted by Gasteiger charge is -2.36. The molecule has 54 heavy (non-hydrogen) atoms. The summed E-state index contributed by atoms with van der Waals surface area (Å²) in [6.45, 7) is 16.0. The van der Waals surface area contributed by atoms with Gasteiger partial charge in [0.15, 0.2) is 19.0 Å². The Morgan fingerprint density at radius 1 is 0.963 bits per heavy atom. The van der Waals surface area contributed by atoms with E-state index in [2.05, 4.69) is 48.8 Å². The van der Waals surface area contributed by atoms with Gasteiger partial charge in [-0.05, 0) is 48.8 Å². The summed E-state index contributed by atoms with van der Waals surface area (Å²) in [7, 11) is -0.428. The highest BCUT2D eigenvalue weighted by atomic mass is 32.1. The summed E-state index contributed by atoms with van der Waals surface area (Å²) in [6, 6.07) is 6.39. The number of carbonyl (C=O) groups is 3. The first-order valence-electron chi connectivity index (χ1n) is 17.5. The fourth-order valence-electron chi connectivity index (χ4n) is 5.57. The third kappa shape index (κ3) is 8.42. The number of hydrogen-bond donors (Lipinski definition) is 3. The molecular weight excluding hydrogens is 729 g/mol. The number of benzene rings is 2. The largest absolute Gasteiger partial charge is 0.494 e. The van der Waals surface area contributed by atoms with Crippen LogP contribution in [0.2, 0.25) is 18.1 Å². The summed E-state index contributed by atoms with van der Waals surface area (Å²) >= 11 is 1.20. The molecule has 5 aromatic rings. The van der Waals surface area contributed by atoms with Gasteiger partial charge in [-0.15, -0.1) is 0 Å². The van der Waals surface area contributed by atoms with Gasteiger partial charge >= 0.3 is 5.91 Å². The van der Waals surface area contributed by atoms with Crippen LogP contribution in [0.3, 0.4) is 0 Å². The van der Waals surface area contributed by atoms with Crippen LogP contribution in [0.5, 0.6) is 11.5 Å². The predicted molar refractivity (Wildman–Crippen MR) is 210 cm³/mol. The van der Waals surface area contributed by atoms with Crippen LogP contribution in [0.15, 0.2) is 45.8 Å². The first kappa shape index (κ1) is 39.9. The SMILES string of the molecule is CCc1nc(C)oc1C(=O)/N=c1\sc2cc(C(N)=O)cc(OC)c2n1C/C=C/Cn1c(N)nc2cc(C(N)=O)cc(OCCCO[Si](C)(C)C(C)(C)C)c21. The van der Waals surface area contributed by atoms with Crippen molar-refractivity contribution in [2.45, 2.75) is 78.7 Å². The number of thiazole rings is 1. The molecule has 15 nitrogen and oxygen atoms in total. The molecule has 288 valence electrons. The third-order valence-corrected chi connectivity index (χ3v) is 15.0. The fourth-order valence-corrected chi connectivity index (χ4v) is 7.75. The van der Waals surface area contributed by atoms with E-state index in [1.54, 1.807) is 35.8 Å². The average molecular weight is 777 g/mol. The van der Waals surface area contributed by atoms with Gasteiger partial charge in [-0.3, -0.25) is 14.4 Å². The minimum atomic E-state index is -1.92. The van der Waals surface area contributed by atoms with Crippen molar-refractivity contribution >= 4 is 64.6 Å². The molecule has 0 aliphatic rings. The highest BCUT2D eigenvalue weighted by Gasteiger charge is 2.36. The molecule has 3 amide bonds. The zero-order valence-electron chi connectivity index (χ0n) is 31.9. The van der Waals surface area contributed by atoms with Gasteiger partial charge in [0, 0.05) is 44.2 Å². The molecule has 5 rings (SSSR count). The molecule has 17 heteroatoms. The monoisotopic (exact) mass is 776 g/mol. The summed E-state index contributed by atoms with van der Waals surface area (Å²) in [5, 5.41) is 0.0895. The first-order valence-corrected chi connectivity index (χ1v) is 21.3. The van der Waals surface area contributed by atoms with Gasteiger partial charge in [-0.1, -0.05) is 51.2 Å². The topological polar surface area (TPSA) is 218 Å². The van der Waals surface area contributed by atoms with Crippen molar-refractivity contribution in [3.8, 4) is 11.5 Å². The Morgan fingerprint density at radius 2 is 1.61 bits per heavy atom. The smallest absolute Gasteiger partial charge is 0.317 e. The number of hydrogen-bond acceptors (Lipinski definition) is 11. The maximum atomic E-state index is 13.4. The van der Waals surface area contributed by atoms with Crippen molar-refractivity contribution in [1.29, 1.82) is 0 Å². The molecule has 3 aromatic heterocycles. The molecule has 0 atom stereocenters. The number of methoxy groups -OCH3 is 1. The minimum absolute atomic E-state index is 0.0717. The van der Waals surface area contributed by atoms with Gasteiger partial charge in [0.1, 0.15) is 22.5 Å². The van der Waals surface area contributed by atoms with Crippen molar-refractivity contribution in [2.24, 2.45) is 16.5 Å². The summed E-state index contributed by atoms with van der Waals surface area (Å²) in [6.07, 6.45) is 4.90. The maximum absolute atomic E-state index is 13.4. The highest BCUT2D eigenvalue weighted by Crippen LogP contribution is 2.37. The number of anilines is 1. The Kier molecular flexibility index (Phi) is 11.8. The molecule has 0 aliphatic carbocycles. The number of rotatable bonds is 15. The van der Waals surface area contributed by atoms with E-state index < -0.39 is 26.0 Å². The molecule has 0 unspecified atom stereocenters. The Bertz CT molecular complexity index is 2330. The van der Waals surface area contributed by atoms with Crippen LogP contribution in [0.25, 0.3) is 21.3 Å². The molecule has 6 N–H and O–H groups in total. The summed E-state index contributed by atoms with van der Waals surface area (Å²) < 4.78 is 28.0. The summed E-state index contributed by atoms with van der Waals surface area (Å²) in [5.41, 5.74) is 20.4. The molecule has 0 fully saturated rings. The van der Waals surface area contributed by atoms with Crippen molar-refractivity contribution in [1.82, 2.24) is 19.1 Å². The number of nitrogens with zero attached hydrogens (tertiary/aromatic N) is 5. The van der Waals surface area contributed by atoms with E-state index in [4.69, 9.17) is 35.5 Å². The number of ether oxygens (including phenoxy) is 2. The van der Waals surface area contributed by atoms with Crippen LogP contribution in [0.1, 0.15) is 77.0 Å².